The van der Waals surface area contributed by atoms with Gasteiger partial charge in [0.15, 0.2) is 0 Å². The third-order valence-corrected chi connectivity index (χ3v) is 2.39. The molecule has 1 aliphatic heterocycles. The number of nitrogens with zero attached hydrogens (tertiary/aromatic N) is 1. The summed E-state index contributed by atoms with van der Waals surface area (Å²) in [5.41, 5.74) is 3.25. The number of carbonyl (C=O) groups excluding carboxylic acids is 1. The van der Waals surface area contributed by atoms with E-state index in [0.717, 1.165) is 17.7 Å². The second kappa shape index (κ2) is 3.62. The molecule has 14 heavy (non-hydrogen) atoms. The van der Waals surface area contributed by atoms with Gasteiger partial charge in [0.25, 0.3) is 0 Å². The fraction of sp³-hybridized carbons (Fsp3) is 0.273. The molecule has 3 nitrogen and oxygen atoms in total. The third-order valence-electron chi connectivity index (χ3n) is 2.39. The monoisotopic (exact) mass is 188 g/mol. The lowest BCUT2D eigenvalue weighted by molar-refractivity contribution is -0.120. The Balaban J connectivity index is 2.35. The van der Waals surface area contributed by atoms with Gasteiger partial charge in [0, 0.05) is 24.5 Å². The van der Waals surface area contributed by atoms with Crippen molar-refractivity contribution in [2.75, 3.05) is 0 Å². The van der Waals surface area contributed by atoms with Crippen LogP contribution in [0.15, 0.2) is 30.2 Å². The van der Waals surface area contributed by atoms with Crippen LogP contribution in [-0.2, 0) is 4.79 Å². The quantitative estimate of drug-likeness (QED) is 0.729. The van der Waals surface area contributed by atoms with Gasteiger partial charge in [0.05, 0.1) is 0 Å². The highest BCUT2D eigenvalue weighted by molar-refractivity contribution is 5.86. The number of hydrogen-bond acceptors (Lipinski definition) is 2. The molecule has 1 aliphatic rings. The summed E-state index contributed by atoms with van der Waals surface area (Å²) < 4.78 is 0. The molecular weight excluding hydrogens is 176 g/mol. The predicted octanol–water partition coefficient (Wildman–Crippen LogP) is 1.72. The maximum Gasteiger partial charge on any atom is 0.224 e. The van der Waals surface area contributed by atoms with Crippen LogP contribution in [0.4, 0.5) is 0 Å². The minimum atomic E-state index is 0.107. The van der Waals surface area contributed by atoms with Crippen molar-refractivity contribution < 1.29 is 4.79 Å². The van der Waals surface area contributed by atoms with E-state index in [4.69, 9.17) is 0 Å². The van der Waals surface area contributed by atoms with E-state index in [1.807, 2.05) is 25.3 Å². The fourth-order valence-corrected chi connectivity index (χ4v) is 1.68. The molecule has 1 N–H and O–H groups in total. The van der Waals surface area contributed by atoms with Crippen molar-refractivity contribution in [3.8, 4) is 0 Å². The first kappa shape index (κ1) is 8.94. The highest BCUT2D eigenvalue weighted by Crippen LogP contribution is 2.24. The first-order chi connectivity index (χ1) is 6.77. The van der Waals surface area contributed by atoms with Gasteiger partial charge in [0.1, 0.15) is 0 Å². The minimum absolute atomic E-state index is 0.107. The first-order valence-electron chi connectivity index (χ1n) is 4.67. The second-order valence-corrected chi connectivity index (χ2v) is 3.39. The number of hydrogen-bond donors (Lipinski definition) is 1. The van der Waals surface area contributed by atoms with Crippen molar-refractivity contribution in [1.29, 1.82) is 0 Å². The van der Waals surface area contributed by atoms with Gasteiger partial charge in [-0.15, -0.1) is 0 Å². The smallest absolute Gasteiger partial charge is 0.224 e. The molecule has 2 heterocycles. The molecule has 0 unspecified atom stereocenters. The van der Waals surface area contributed by atoms with Crippen molar-refractivity contribution in [3.05, 3.63) is 35.8 Å². The van der Waals surface area contributed by atoms with Crippen molar-refractivity contribution >= 4 is 11.5 Å². The molecule has 0 saturated carbocycles. The number of amides is 1. The van der Waals surface area contributed by atoms with Crippen molar-refractivity contribution in [3.63, 3.8) is 0 Å². The normalized spacial score (nSPS) is 16.8. The van der Waals surface area contributed by atoms with Crippen LogP contribution in [0.5, 0.6) is 0 Å². The van der Waals surface area contributed by atoms with Gasteiger partial charge in [-0.25, -0.2) is 0 Å². The van der Waals surface area contributed by atoms with Crippen LogP contribution < -0.4 is 5.32 Å². The van der Waals surface area contributed by atoms with Crippen LogP contribution in [0.1, 0.15) is 25.3 Å². The predicted molar refractivity (Wildman–Crippen MR) is 54.2 cm³/mol. The number of rotatable bonds is 1. The van der Waals surface area contributed by atoms with Crippen molar-refractivity contribution in [2.24, 2.45) is 0 Å². The summed E-state index contributed by atoms with van der Waals surface area (Å²) in [7, 11) is 0. The maximum absolute atomic E-state index is 11.1. The Kier molecular flexibility index (Phi) is 2.31. The summed E-state index contributed by atoms with van der Waals surface area (Å²) in [6.07, 6.45) is 4.96. The van der Waals surface area contributed by atoms with Gasteiger partial charge in [-0.1, -0.05) is 6.07 Å². The molecule has 0 aromatic carbocycles. The summed E-state index contributed by atoms with van der Waals surface area (Å²) in [4.78, 5) is 15.2. The molecule has 1 amide bonds. The van der Waals surface area contributed by atoms with Gasteiger partial charge in [0.2, 0.25) is 5.91 Å². The largest absolute Gasteiger partial charge is 0.330 e. The average Bonchev–Trinajstić information content (AvgIpc) is 2.19. The molecule has 1 aromatic heterocycles. The molecule has 0 bridgehead atoms. The van der Waals surface area contributed by atoms with E-state index in [-0.39, 0.29) is 5.91 Å². The zero-order valence-corrected chi connectivity index (χ0v) is 8.08. The van der Waals surface area contributed by atoms with Crippen LogP contribution >= 0.6 is 0 Å². The van der Waals surface area contributed by atoms with Crippen LogP contribution in [0.25, 0.3) is 5.57 Å². The zero-order valence-electron chi connectivity index (χ0n) is 8.08. The van der Waals surface area contributed by atoms with Gasteiger partial charge in [-0.2, -0.15) is 0 Å². The Morgan fingerprint density at radius 1 is 1.43 bits per heavy atom. The summed E-state index contributed by atoms with van der Waals surface area (Å²) in [6.45, 7) is 1.93. The van der Waals surface area contributed by atoms with Crippen LogP contribution in [-0.4, -0.2) is 10.9 Å². The molecule has 0 radical (unpaired) electrons. The van der Waals surface area contributed by atoms with E-state index in [1.54, 1.807) is 6.20 Å². The fourth-order valence-electron chi connectivity index (χ4n) is 1.68. The van der Waals surface area contributed by atoms with E-state index < -0.39 is 0 Å². The molecule has 0 spiro atoms. The maximum atomic E-state index is 11.1. The summed E-state index contributed by atoms with van der Waals surface area (Å²) >= 11 is 0. The molecule has 1 aromatic rings. The Bertz CT molecular complexity index is 382. The molecule has 0 fully saturated rings. The Morgan fingerprint density at radius 2 is 2.29 bits per heavy atom. The Hall–Kier alpha value is -1.64. The second-order valence-electron chi connectivity index (χ2n) is 3.39. The summed E-state index contributed by atoms with van der Waals surface area (Å²) in [5.74, 6) is 0.107. The minimum Gasteiger partial charge on any atom is -0.330 e. The van der Waals surface area contributed by atoms with E-state index in [0.29, 0.717) is 6.42 Å². The van der Waals surface area contributed by atoms with Gasteiger partial charge in [-0.3, -0.25) is 9.78 Å². The van der Waals surface area contributed by atoms with Gasteiger partial charge >= 0.3 is 0 Å². The Labute approximate surface area is 82.9 Å². The SMILES string of the molecule is CC1=C(c2cccnc2)CCC(=O)N1. The third kappa shape index (κ3) is 1.66. The lowest BCUT2D eigenvalue weighted by atomic mass is 9.98. The number of allylic oxidation sites excluding steroid dienone is 2. The highest BCUT2D eigenvalue weighted by atomic mass is 16.1. The van der Waals surface area contributed by atoms with Gasteiger partial charge in [-0.05, 0) is 30.5 Å². The number of nitrogens with one attached hydrogen (secondary N) is 1. The lowest BCUT2D eigenvalue weighted by Crippen LogP contribution is -2.26. The molecule has 0 atom stereocenters. The van der Waals surface area contributed by atoms with Crippen molar-refractivity contribution in [2.45, 2.75) is 19.8 Å². The summed E-state index contributed by atoms with van der Waals surface area (Å²) in [5, 5.41) is 2.84. The number of carbonyl (C=O) groups is 1. The number of aromatic nitrogens is 1. The standard InChI is InChI=1S/C11H12N2O/c1-8-10(4-5-11(14)13-8)9-3-2-6-12-7-9/h2-3,6-7H,4-5H2,1H3,(H,13,14). The Morgan fingerprint density at radius 3 is 2.93 bits per heavy atom. The number of pyridine rings is 1. The van der Waals surface area contributed by atoms with E-state index in [1.165, 1.54) is 5.57 Å². The highest BCUT2D eigenvalue weighted by Gasteiger charge is 2.15. The molecule has 0 saturated heterocycles. The average molecular weight is 188 g/mol. The molecule has 0 aliphatic carbocycles. The van der Waals surface area contributed by atoms with E-state index >= 15 is 0 Å². The molecule has 2 rings (SSSR count). The first-order valence-corrected chi connectivity index (χ1v) is 4.67. The zero-order chi connectivity index (χ0) is 9.97. The topological polar surface area (TPSA) is 42.0 Å². The molecular formula is C11H12N2O. The molecule has 72 valence electrons. The lowest BCUT2D eigenvalue weighted by Gasteiger charge is -2.18. The van der Waals surface area contributed by atoms with Crippen molar-refractivity contribution in [1.82, 2.24) is 10.3 Å². The molecule has 3 heteroatoms. The van der Waals surface area contributed by atoms with Crippen LogP contribution in [0.3, 0.4) is 0 Å². The van der Waals surface area contributed by atoms with E-state index in [9.17, 15) is 4.79 Å². The van der Waals surface area contributed by atoms with E-state index in [2.05, 4.69) is 10.3 Å². The van der Waals surface area contributed by atoms with Crippen LogP contribution in [0, 0.1) is 0 Å². The van der Waals surface area contributed by atoms with Crippen LogP contribution in [0.2, 0.25) is 0 Å². The van der Waals surface area contributed by atoms with Gasteiger partial charge < -0.3 is 5.32 Å². The summed E-state index contributed by atoms with van der Waals surface area (Å²) in [6, 6.07) is 3.93.